The van der Waals surface area contributed by atoms with Gasteiger partial charge in [0.05, 0.1) is 11.8 Å². The summed E-state index contributed by atoms with van der Waals surface area (Å²) in [7, 11) is 0. The van der Waals surface area contributed by atoms with Crippen LogP contribution in [-0.4, -0.2) is 18.4 Å². The molecule has 1 fully saturated rings. The lowest BCUT2D eigenvalue weighted by atomic mass is 9.98. The van der Waals surface area contributed by atoms with Crippen LogP contribution in [0.25, 0.3) is 0 Å². The summed E-state index contributed by atoms with van der Waals surface area (Å²) in [5, 5.41) is 5.77. The molecule has 0 heterocycles. The van der Waals surface area contributed by atoms with E-state index in [1.807, 2.05) is 25.1 Å². The van der Waals surface area contributed by atoms with Crippen LogP contribution in [0.5, 0.6) is 0 Å². The molecule has 1 aromatic rings. The van der Waals surface area contributed by atoms with Gasteiger partial charge in [-0.2, -0.15) is 0 Å². The predicted octanol–water partition coefficient (Wildman–Crippen LogP) is 3.00. The number of hydrogen-bond acceptors (Lipinski definition) is 2. The maximum absolute atomic E-state index is 12.4. The van der Waals surface area contributed by atoms with Crippen molar-refractivity contribution in [3.63, 3.8) is 0 Å². The number of aryl methyl sites for hydroxylation is 1. The van der Waals surface area contributed by atoms with Gasteiger partial charge >= 0.3 is 0 Å². The van der Waals surface area contributed by atoms with Crippen molar-refractivity contribution < 1.29 is 9.59 Å². The third-order valence-corrected chi connectivity index (χ3v) is 4.06. The van der Waals surface area contributed by atoms with Crippen LogP contribution in [0.3, 0.4) is 0 Å². The molecule has 2 atom stereocenters. The minimum Gasteiger partial charge on any atom is -0.352 e. The summed E-state index contributed by atoms with van der Waals surface area (Å²) in [5.41, 5.74) is 3.06. The van der Waals surface area contributed by atoms with Gasteiger partial charge in [0.2, 0.25) is 11.8 Å². The van der Waals surface area contributed by atoms with E-state index in [1.54, 1.807) is 6.08 Å². The van der Waals surface area contributed by atoms with Crippen molar-refractivity contribution in [3.8, 4) is 0 Å². The Morgan fingerprint density at radius 2 is 2.00 bits per heavy atom. The Morgan fingerprint density at radius 3 is 2.64 bits per heavy atom. The zero-order valence-corrected chi connectivity index (χ0v) is 13.5. The molecule has 2 unspecified atom stereocenters. The highest BCUT2D eigenvalue weighted by molar-refractivity contribution is 6.00. The van der Waals surface area contributed by atoms with Crippen molar-refractivity contribution in [1.82, 2.24) is 5.32 Å². The second-order valence-electron chi connectivity index (χ2n) is 6.17. The summed E-state index contributed by atoms with van der Waals surface area (Å²) in [6, 6.07) is 6.03. The van der Waals surface area contributed by atoms with Crippen LogP contribution < -0.4 is 10.6 Å². The predicted molar refractivity (Wildman–Crippen MR) is 88.7 cm³/mol. The molecular weight excluding hydrogens is 276 g/mol. The number of carbonyl (C=O) groups is 2. The molecule has 2 amide bonds. The summed E-state index contributed by atoms with van der Waals surface area (Å²) >= 11 is 0. The molecule has 1 aliphatic rings. The van der Waals surface area contributed by atoms with Gasteiger partial charge in [-0.25, -0.2) is 0 Å². The van der Waals surface area contributed by atoms with Gasteiger partial charge in [0.15, 0.2) is 0 Å². The molecule has 1 aliphatic carbocycles. The molecule has 2 N–H and O–H groups in total. The van der Waals surface area contributed by atoms with Gasteiger partial charge in [-0.1, -0.05) is 38.1 Å². The maximum atomic E-state index is 12.4. The van der Waals surface area contributed by atoms with E-state index in [4.69, 9.17) is 0 Å². The van der Waals surface area contributed by atoms with Gasteiger partial charge in [-0.15, -0.1) is 6.58 Å². The first-order valence-electron chi connectivity index (χ1n) is 7.74. The van der Waals surface area contributed by atoms with E-state index >= 15 is 0 Å². The summed E-state index contributed by atoms with van der Waals surface area (Å²) < 4.78 is 0. The molecule has 0 radical (unpaired) electrons. The molecule has 0 spiro atoms. The number of carbonyl (C=O) groups excluding carboxylic acids is 2. The highest BCUT2D eigenvalue weighted by atomic mass is 16.2. The second-order valence-corrected chi connectivity index (χ2v) is 6.17. The first kappa shape index (κ1) is 16.3. The third-order valence-electron chi connectivity index (χ3n) is 4.06. The van der Waals surface area contributed by atoms with Crippen molar-refractivity contribution in [2.75, 3.05) is 11.9 Å². The Labute approximate surface area is 132 Å². The molecule has 2 rings (SSSR count). The number of nitrogens with one attached hydrogen (secondary N) is 2. The van der Waals surface area contributed by atoms with Crippen LogP contribution in [0.15, 0.2) is 30.9 Å². The summed E-state index contributed by atoms with van der Waals surface area (Å²) in [6.07, 6.45) is 2.26. The highest BCUT2D eigenvalue weighted by Crippen LogP contribution is 2.40. The van der Waals surface area contributed by atoms with Gasteiger partial charge < -0.3 is 10.6 Å². The molecule has 22 heavy (non-hydrogen) atoms. The average molecular weight is 300 g/mol. The molecular formula is C18H24N2O2. The molecule has 0 aromatic heterocycles. The van der Waals surface area contributed by atoms with Gasteiger partial charge in [0, 0.05) is 12.2 Å². The van der Waals surface area contributed by atoms with Crippen molar-refractivity contribution in [1.29, 1.82) is 0 Å². The van der Waals surface area contributed by atoms with E-state index in [9.17, 15) is 9.59 Å². The minimum atomic E-state index is -0.218. The Kier molecular flexibility index (Phi) is 5.01. The monoisotopic (exact) mass is 300 g/mol. The van der Waals surface area contributed by atoms with Crippen LogP contribution in [-0.2, 0) is 9.59 Å². The van der Waals surface area contributed by atoms with Gasteiger partial charge in [0.1, 0.15) is 0 Å². The molecule has 4 heteroatoms. The highest BCUT2D eigenvalue weighted by Gasteiger charge is 2.48. The fraction of sp³-hybridized carbons (Fsp3) is 0.444. The van der Waals surface area contributed by atoms with E-state index in [2.05, 4.69) is 31.1 Å². The quantitative estimate of drug-likeness (QED) is 0.793. The summed E-state index contributed by atoms with van der Waals surface area (Å²) in [5.74, 6) is -0.208. The molecule has 0 bridgehead atoms. The fourth-order valence-electron chi connectivity index (χ4n) is 2.64. The third kappa shape index (κ3) is 3.56. The Hall–Kier alpha value is -2.10. The zero-order chi connectivity index (χ0) is 16.3. The average Bonchev–Trinajstić information content (AvgIpc) is 3.27. The Balaban J connectivity index is 2.03. The molecule has 1 saturated carbocycles. The van der Waals surface area contributed by atoms with Gasteiger partial charge in [-0.3, -0.25) is 9.59 Å². The first-order chi connectivity index (χ1) is 10.5. The lowest BCUT2D eigenvalue weighted by Gasteiger charge is -2.16. The van der Waals surface area contributed by atoms with Crippen molar-refractivity contribution >= 4 is 17.5 Å². The van der Waals surface area contributed by atoms with Crippen LogP contribution in [0.4, 0.5) is 5.69 Å². The molecule has 4 nitrogen and oxygen atoms in total. The van der Waals surface area contributed by atoms with Crippen LogP contribution >= 0.6 is 0 Å². The zero-order valence-electron chi connectivity index (χ0n) is 13.5. The molecule has 1 aromatic carbocycles. The number of anilines is 1. The van der Waals surface area contributed by atoms with Crippen LogP contribution in [0.1, 0.15) is 37.3 Å². The van der Waals surface area contributed by atoms with E-state index in [1.165, 1.54) is 0 Å². The van der Waals surface area contributed by atoms with E-state index in [-0.39, 0.29) is 23.7 Å². The van der Waals surface area contributed by atoms with Crippen LogP contribution in [0, 0.1) is 18.8 Å². The van der Waals surface area contributed by atoms with Crippen molar-refractivity contribution in [3.05, 3.63) is 42.0 Å². The SMILES string of the molecule is C=CCNC(=O)C1CC1C(=O)Nc1c(C)cccc1C(C)C. The first-order valence-corrected chi connectivity index (χ1v) is 7.74. The van der Waals surface area contributed by atoms with E-state index < -0.39 is 0 Å². The normalized spacial score (nSPS) is 19.6. The standard InChI is InChI=1S/C18H24N2O2/c1-5-9-19-17(21)14-10-15(14)18(22)20-16-12(4)7-6-8-13(16)11(2)3/h5-8,11,14-15H,1,9-10H2,2-4H3,(H,19,21)(H,20,22). The number of benzene rings is 1. The fourth-order valence-corrected chi connectivity index (χ4v) is 2.64. The van der Waals surface area contributed by atoms with Gasteiger partial charge in [-0.05, 0) is 30.4 Å². The van der Waals surface area contributed by atoms with Crippen molar-refractivity contribution in [2.45, 2.75) is 33.1 Å². The topological polar surface area (TPSA) is 58.2 Å². The smallest absolute Gasteiger partial charge is 0.228 e. The number of hydrogen-bond donors (Lipinski definition) is 2. The molecule has 0 saturated heterocycles. The molecule has 118 valence electrons. The largest absolute Gasteiger partial charge is 0.352 e. The number of amides is 2. The van der Waals surface area contributed by atoms with Crippen molar-refractivity contribution in [2.24, 2.45) is 11.8 Å². The van der Waals surface area contributed by atoms with Gasteiger partial charge in [0.25, 0.3) is 0 Å². The van der Waals surface area contributed by atoms with E-state index in [0.29, 0.717) is 18.9 Å². The van der Waals surface area contributed by atoms with Crippen LogP contribution in [0.2, 0.25) is 0 Å². The Morgan fingerprint density at radius 1 is 1.32 bits per heavy atom. The minimum absolute atomic E-state index is 0.0602. The van der Waals surface area contributed by atoms with E-state index in [0.717, 1.165) is 16.8 Å². The number of rotatable bonds is 6. The lowest BCUT2D eigenvalue weighted by Crippen LogP contribution is -2.27. The lowest BCUT2D eigenvalue weighted by molar-refractivity contribution is -0.125. The summed E-state index contributed by atoms with van der Waals surface area (Å²) in [4.78, 5) is 24.2. The summed E-state index contributed by atoms with van der Waals surface area (Å²) in [6.45, 7) is 10.2. The Bertz CT molecular complexity index is 593. The molecule has 0 aliphatic heterocycles. The second kappa shape index (κ2) is 6.77. The number of para-hydroxylation sites is 1. The maximum Gasteiger partial charge on any atom is 0.228 e.